The van der Waals surface area contributed by atoms with Crippen molar-refractivity contribution in [2.75, 3.05) is 7.11 Å². The number of allylic oxidation sites excluding steroid dienone is 1. The molecule has 0 saturated heterocycles. The molecule has 0 radical (unpaired) electrons. The molecule has 0 aliphatic heterocycles. The topological polar surface area (TPSA) is 52.4 Å². The van der Waals surface area contributed by atoms with Crippen molar-refractivity contribution in [3.8, 4) is 5.75 Å². The van der Waals surface area contributed by atoms with Gasteiger partial charge in [0.05, 0.1) is 12.0 Å². The van der Waals surface area contributed by atoms with E-state index in [2.05, 4.69) is 6.58 Å². The number of nitro benzene ring substituents is 1. The number of nitrogens with zero attached hydrogens (tertiary/aromatic N) is 1. The molecule has 0 fully saturated rings. The van der Waals surface area contributed by atoms with Crippen LogP contribution in [0.4, 0.5) is 5.69 Å². The first-order valence-corrected chi connectivity index (χ1v) is 4.55. The van der Waals surface area contributed by atoms with Crippen LogP contribution in [-0.2, 0) is 0 Å². The second kappa shape index (κ2) is 4.59. The summed E-state index contributed by atoms with van der Waals surface area (Å²) in [5, 5.41) is 10.7. The zero-order valence-electron chi connectivity index (χ0n) is 8.77. The lowest BCUT2D eigenvalue weighted by Gasteiger charge is -2.11. The number of methoxy groups -OCH3 is 1. The molecular weight excluding hydrogens is 194 g/mol. The number of benzene rings is 1. The Morgan fingerprint density at radius 2 is 2.27 bits per heavy atom. The van der Waals surface area contributed by atoms with Crippen LogP contribution < -0.4 is 4.74 Å². The molecule has 0 bridgehead atoms. The Bertz CT molecular complexity index is 387. The maximum absolute atomic E-state index is 10.7. The minimum Gasteiger partial charge on any atom is -0.490 e. The van der Waals surface area contributed by atoms with Crippen molar-refractivity contribution in [3.05, 3.63) is 46.5 Å². The SMILES string of the molecule is C=CC(C)c1cccc([N+](=O)[O-])c1OC. The van der Waals surface area contributed by atoms with E-state index in [1.165, 1.54) is 13.2 Å². The summed E-state index contributed by atoms with van der Waals surface area (Å²) in [6, 6.07) is 4.88. The Morgan fingerprint density at radius 1 is 1.60 bits per heavy atom. The van der Waals surface area contributed by atoms with Crippen LogP contribution in [0.3, 0.4) is 0 Å². The van der Waals surface area contributed by atoms with Gasteiger partial charge in [-0.2, -0.15) is 0 Å². The van der Waals surface area contributed by atoms with E-state index >= 15 is 0 Å². The normalized spacial score (nSPS) is 11.9. The summed E-state index contributed by atoms with van der Waals surface area (Å²) in [5.74, 6) is 0.342. The number of ether oxygens (including phenoxy) is 1. The van der Waals surface area contributed by atoms with Crippen molar-refractivity contribution < 1.29 is 9.66 Å². The van der Waals surface area contributed by atoms with Crippen LogP contribution in [0.25, 0.3) is 0 Å². The molecule has 0 N–H and O–H groups in total. The smallest absolute Gasteiger partial charge is 0.311 e. The van der Waals surface area contributed by atoms with Gasteiger partial charge in [-0.05, 0) is 0 Å². The molecule has 80 valence electrons. The standard InChI is InChI=1S/C11H13NO3/c1-4-8(2)9-6-5-7-10(12(13)14)11(9)15-3/h4-8H,1H2,2-3H3. The molecule has 1 atom stereocenters. The molecule has 0 heterocycles. The number of hydrogen-bond acceptors (Lipinski definition) is 3. The van der Waals surface area contributed by atoms with Gasteiger partial charge in [0, 0.05) is 17.5 Å². The fourth-order valence-electron chi connectivity index (χ4n) is 1.39. The molecule has 1 rings (SSSR count). The van der Waals surface area contributed by atoms with Gasteiger partial charge in [0.1, 0.15) is 0 Å². The molecular formula is C11H13NO3. The Balaban J connectivity index is 3.34. The van der Waals surface area contributed by atoms with E-state index in [-0.39, 0.29) is 11.6 Å². The van der Waals surface area contributed by atoms with Gasteiger partial charge in [0.15, 0.2) is 0 Å². The zero-order chi connectivity index (χ0) is 11.4. The van der Waals surface area contributed by atoms with Crippen molar-refractivity contribution in [2.45, 2.75) is 12.8 Å². The number of hydrogen-bond donors (Lipinski definition) is 0. The maximum Gasteiger partial charge on any atom is 0.311 e. The minimum atomic E-state index is -0.446. The van der Waals surface area contributed by atoms with E-state index in [9.17, 15) is 10.1 Å². The summed E-state index contributed by atoms with van der Waals surface area (Å²) < 4.78 is 5.07. The summed E-state index contributed by atoms with van der Waals surface area (Å²) >= 11 is 0. The van der Waals surface area contributed by atoms with Crippen molar-refractivity contribution in [1.82, 2.24) is 0 Å². The predicted molar refractivity (Wildman–Crippen MR) is 58.3 cm³/mol. The van der Waals surface area contributed by atoms with Gasteiger partial charge in [-0.15, -0.1) is 6.58 Å². The Labute approximate surface area is 88.3 Å². The Morgan fingerprint density at radius 3 is 2.73 bits per heavy atom. The highest BCUT2D eigenvalue weighted by atomic mass is 16.6. The highest BCUT2D eigenvalue weighted by Crippen LogP contribution is 2.35. The fraction of sp³-hybridized carbons (Fsp3) is 0.273. The first-order valence-electron chi connectivity index (χ1n) is 4.55. The molecule has 0 aromatic heterocycles. The van der Waals surface area contributed by atoms with Crippen molar-refractivity contribution in [3.63, 3.8) is 0 Å². The third kappa shape index (κ3) is 2.15. The van der Waals surface area contributed by atoms with E-state index in [4.69, 9.17) is 4.74 Å². The van der Waals surface area contributed by atoms with E-state index < -0.39 is 4.92 Å². The highest BCUT2D eigenvalue weighted by Gasteiger charge is 2.19. The largest absolute Gasteiger partial charge is 0.490 e. The van der Waals surface area contributed by atoms with E-state index in [0.717, 1.165) is 5.56 Å². The Hall–Kier alpha value is -1.84. The summed E-state index contributed by atoms with van der Waals surface area (Å²) in [6.45, 7) is 5.57. The van der Waals surface area contributed by atoms with Gasteiger partial charge in [0.2, 0.25) is 5.75 Å². The number of para-hydroxylation sites is 1. The molecule has 1 aromatic rings. The molecule has 4 nitrogen and oxygen atoms in total. The lowest BCUT2D eigenvalue weighted by molar-refractivity contribution is -0.385. The summed E-state index contributed by atoms with van der Waals surface area (Å²) in [6.07, 6.45) is 1.72. The summed E-state index contributed by atoms with van der Waals surface area (Å²) in [4.78, 5) is 10.3. The molecule has 15 heavy (non-hydrogen) atoms. The van der Waals surface area contributed by atoms with Gasteiger partial charge >= 0.3 is 5.69 Å². The van der Waals surface area contributed by atoms with Gasteiger partial charge in [-0.3, -0.25) is 10.1 Å². The monoisotopic (exact) mass is 207 g/mol. The van der Waals surface area contributed by atoms with E-state index in [1.54, 1.807) is 18.2 Å². The van der Waals surface area contributed by atoms with Crippen LogP contribution >= 0.6 is 0 Å². The molecule has 1 aromatic carbocycles. The Kier molecular flexibility index (Phi) is 3.44. The lowest BCUT2D eigenvalue weighted by Crippen LogP contribution is -1.99. The summed E-state index contributed by atoms with van der Waals surface area (Å²) in [7, 11) is 1.43. The van der Waals surface area contributed by atoms with Crippen molar-refractivity contribution in [1.29, 1.82) is 0 Å². The zero-order valence-corrected chi connectivity index (χ0v) is 8.77. The quantitative estimate of drug-likeness (QED) is 0.433. The summed E-state index contributed by atoms with van der Waals surface area (Å²) in [5.41, 5.74) is 0.769. The first-order chi connectivity index (χ1) is 7.11. The van der Waals surface area contributed by atoms with E-state index in [1.807, 2.05) is 6.92 Å². The van der Waals surface area contributed by atoms with Crippen molar-refractivity contribution >= 4 is 5.69 Å². The molecule has 0 amide bonds. The lowest BCUT2D eigenvalue weighted by atomic mass is 9.99. The average molecular weight is 207 g/mol. The number of rotatable bonds is 4. The van der Waals surface area contributed by atoms with Gasteiger partial charge in [-0.25, -0.2) is 0 Å². The van der Waals surface area contributed by atoms with Crippen LogP contribution in [0.15, 0.2) is 30.9 Å². The highest BCUT2D eigenvalue weighted by molar-refractivity contribution is 5.53. The second-order valence-electron chi connectivity index (χ2n) is 3.18. The van der Waals surface area contributed by atoms with Crippen LogP contribution in [0.1, 0.15) is 18.4 Å². The van der Waals surface area contributed by atoms with Crippen LogP contribution in [0.2, 0.25) is 0 Å². The number of nitro groups is 1. The third-order valence-electron chi connectivity index (χ3n) is 2.27. The molecule has 0 aliphatic carbocycles. The molecule has 4 heteroatoms. The predicted octanol–water partition coefficient (Wildman–Crippen LogP) is 2.89. The molecule has 0 aliphatic rings. The minimum absolute atomic E-state index is 0.0105. The van der Waals surface area contributed by atoms with Crippen LogP contribution in [-0.4, -0.2) is 12.0 Å². The average Bonchev–Trinajstić information content (AvgIpc) is 2.26. The fourth-order valence-corrected chi connectivity index (χ4v) is 1.39. The molecule has 1 unspecified atom stereocenters. The molecule has 0 saturated carbocycles. The van der Waals surface area contributed by atoms with Gasteiger partial charge in [0.25, 0.3) is 0 Å². The van der Waals surface area contributed by atoms with E-state index in [0.29, 0.717) is 5.75 Å². The van der Waals surface area contributed by atoms with Crippen LogP contribution in [0, 0.1) is 10.1 Å². The van der Waals surface area contributed by atoms with Gasteiger partial charge < -0.3 is 4.74 Å². The van der Waals surface area contributed by atoms with Crippen molar-refractivity contribution in [2.24, 2.45) is 0 Å². The van der Waals surface area contributed by atoms with Crippen LogP contribution in [0.5, 0.6) is 5.75 Å². The third-order valence-corrected chi connectivity index (χ3v) is 2.27. The first kappa shape index (κ1) is 11.2. The van der Waals surface area contributed by atoms with Gasteiger partial charge in [-0.1, -0.05) is 25.1 Å². The molecule has 0 spiro atoms. The maximum atomic E-state index is 10.7. The second-order valence-corrected chi connectivity index (χ2v) is 3.18.